The third-order valence-corrected chi connectivity index (χ3v) is 5.41. The summed E-state index contributed by atoms with van der Waals surface area (Å²) in [7, 11) is 0. The lowest BCUT2D eigenvalue weighted by molar-refractivity contribution is -0.200. The first kappa shape index (κ1) is 17.9. The Morgan fingerprint density at radius 3 is 2.92 bits per heavy atom. The van der Waals surface area contributed by atoms with Crippen LogP contribution in [0.15, 0.2) is 42.5 Å². The zero-order valence-corrected chi connectivity index (χ0v) is 15.9. The van der Waals surface area contributed by atoms with Gasteiger partial charge in [-0.05, 0) is 43.2 Å². The van der Waals surface area contributed by atoms with E-state index in [-0.39, 0.29) is 11.7 Å². The van der Waals surface area contributed by atoms with Gasteiger partial charge in [-0.15, -0.1) is 0 Å². The van der Waals surface area contributed by atoms with E-state index in [1.165, 1.54) is 5.56 Å². The Balaban J connectivity index is 1.28. The Hall–Kier alpha value is -1.46. The standard InChI is InChI=1S/C21H25ClN2O2/c1-16-4-2-7-19(23-16)13-25-20-8-9-26-21(11-20)14-24(15-21)12-17-5-3-6-18(22)10-17/h2-7,10,20H,8-9,11-15H2,1H3. The number of halogens is 1. The summed E-state index contributed by atoms with van der Waals surface area (Å²) in [6.45, 7) is 6.20. The number of rotatable bonds is 5. The van der Waals surface area contributed by atoms with Gasteiger partial charge in [0.15, 0.2) is 0 Å². The van der Waals surface area contributed by atoms with Crippen molar-refractivity contribution in [3.63, 3.8) is 0 Å². The highest BCUT2D eigenvalue weighted by Gasteiger charge is 2.47. The largest absolute Gasteiger partial charge is 0.372 e. The highest BCUT2D eigenvalue weighted by molar-refractivity contribution is 6.30. The van der Waals surface area contributed by atoms with Crippen LogP contribution in [0.4, 0.5) is 0 Å². The van der Waals surface area contributed by atoms with Gasteiger partial charge in [-0.2, -0.15) is 0 Å². The smallest absolute Gasteiger partial charge is 0.0959 e. The third-order valence-electron chi connectivity index (χ3n) is 5.18. The Bertz CT molecular complexity index is 761. The average molecular weight is 373 g/mol. The first-order valence-corrected chi connectivity index (χ1v) is 9.63. The van der Waals surface area contributed by atoms with Crippen LogP contribution >= 0.6 is 11.6 Å². The lowest BCUT2D eigenvalue weighted by Gasteiger charge is -2.53. The molecule has 2 fully saturated rings. The minimum Gasteiger partial charge on any atom is -0.372 e. The van der Waals surface area contributed by atoms with E-state index < -0.39 is 0 Å². The van der Waals surface area contributed by atoms with Crippen molar-refractivity contribution in [1.82, 2.24) is 9.88 Å². The minimum atomic E-state index is -0.0402. The van der Waals surface area contributed by atoms with Crippen LogP contribution in [-0.2, 0) is 22.6 Å². The predicted octanol–water partition coefficient (Wildman–Crippen LogP) is 3.99. The van der Waals surface area contributed by atoms with E-state index in [0.717, 1.165) is 55.5 Å². The Labute approximate surface area is 160 Å². The maximum atomic E-state index is 6.15. The molecule has 5 heteroatoms. The molecule has 2 saturated heterocycles. The Morgan fingerprint density at radius 2 is 2.12 bits per heavy atom. The van der Waals surface area contributed by atoms with Crippen LogP contribution in [-0.4, -0.2) is 41.3 Å². The fourth-order valence-corrected chi connectivity index (χ4v) is 4.22. The van der Waals surface area contributed by atoms with Gasteiger partial charge in [-0.1, -0.05) is 29.8 Å². The second kappa shape index (κ2) is 7.65. The van der Waals surface area contributed by atoms with Crippen molar-refractivity contribution in [3.8, 4) is 0 Å². The molecule has 0 radical (unpaired) electrons. The first-order valence-electron chi connectivity index (χ1n) is 9.25. The van der Waals surface area contributed by atoms with Crippen LogP contribution in [0, 0.1) is 6.92 Å². The summed E-state index contributed by atoms with van der Waals surface area (Å²) in [6.07, 6.45) is 2.17. The fraction of sp³-hybridized carbons (Fsp3) is 0.476. The van der Waals surface area contributed by atoms with E-state index in [2.05, 4.69) is 16.0 Å². The highest BCUT2D eigenvalue weighted by Crippen LogP contribution is 2.36. The van der Waals surface area contributed by atoms with Crippen molar-refractivity contribution in [2.45, 2.75) is 44.6 Å². The number of hydrogen-bond donors (Lipinski definition) is 0. The molecule has 26 heavy (non-hydrogen) atoms. The minimum absolute atomic E-state index is 0.0402. The Morgan fingerprint density at radius 1 is 1.27 bits per heavy atom. The quantitative estimate of drug-likeness (QED) is 0.794. The normalized spacial score (nSPS) is 22.3. The molecule has 1 atom stereocenters. The van der Waals surface area contributed by atoms with Crippen molar-refractivity contribution >= 4 is 11.6 Å². The van der Waals surface area contributed by atoms with Crippen LogP contribution in [0.5, 0.6) is 0 Å². The van der Waals surface area contributed by atoms with Gasteiger partial charge in [-0.25, -0.2) is 0 Å². The van der Waals surface area contributed by atoms with Gasteiger partial charge in [-0.3, -0.25) is 9.88 Å². The molecule has 4 rings (SSSR count). The monoisotopic (exact) mass is 372 g/mol. The molecule has 2 aromatic rings. The molecule has 0 saturated carbocycles. The van der Waals surface area contributed by atoms with E-state index in [1.54, 1.807) is 0 Å². The molecule has 0 amide bonds. The number of pyridine rings is 1. The summed E-state index contributed by atoms with van der Waals surface area (Å²) in [4.78, 5) is 6.93. The number of aryl methyl sites for hydroxylation is 1. The zero-order chi connectivity index (χ0) is 18.0. The van der Waals surface area contributed by atoms with Gasteiger partial charge in [0.25, 0.3) is 0 Å². The van der Waals surface area contributed by atoms with E-state index in [1.807, 2.05) is 43.3 Å². The van der Waals surface area contributed by atoms with Crippen molar-refractivity contribution < 1.29 is 9.47 Å². The molecule has 1 aromatic heterocycles. The molecule has 4 nitrogen and oxygen atoms in total. The van der Waals surface area contributed by atoms with Crippen molar-refractivity contribution in [3.05, 3.63) is 64.4 Å². The van der Waals surface area contributed by atoms with Crippen LogP contribution in [0.3, 0.4) is 0 Å². The SMILES string of the molecule is Cc1cccc(COC2CCOC3(C2)CN(Cc2cccc(Cl)c2)C3)n1. The number of ether oxygens (including phenoxy) is 2. The lowest BCUT2D eigenvalue weighted by atomic mass is 9.84. The van der Waals surface area contributed by atoms with Crippen molar-refractivity contribution in [2.24, 2.45) is 0 Å². The third kappa shape index (κ3) is 4.26. The number of benzene rings is 1. The maximum absolute atomic E-state index is 6.15. The second-order valence-electron chi connectivity index (χ2n) is 7.50. The highest BCUT2D eigenvalue weighted by atomic mass is 35.5. The van der Waals surface area contributed by atoms with Crippen molar-refractivity contribution in [2.75, 3.05) is 19.7 Å². The molecule has 3 heterocycles. The van der Waals surface area contributed by atoms with Crippen LogP contribution in [0.1, 0.15) is 29.8 Å². The average Bonchev–Trinajstić information content (AvgIpc) is 2.59. The molecule has 1 aromatic carbocycles. The van der Waals surface area contributed by atoms with Crippen molar-refractivity contribution in [1.29, 1.82) is 0 Å². The summed E-state index contributed by atoms with van der Waals surface area (Å²) in [5.41, 5.74) is 3.25. The Kier molecular flexibility index (Phi) is 5.28. The molecule has 2 aliphatic heterocycles. The van der Waals surface area contributed by atoms with Crippen LogP contribution in [0.25, 0.3) is 0 Å². The number of hydrogen-bond acceptors (Lipinski definition) is 4. The molecule has 2 aliphatic rings. The second-order valence-corrected chi connectivity index (χ2v) is 7.94. The topological polar surface area (TPSA) is 34.6 Å². The molecule has 0 bridgehead atoms. The van der Waals surface area contributed by atoms with Gasteiger partial charge in [0.2, 0.25) is 0 Å². The van der Waals surface area contributed by atoms with Gasteiger partial charge in [0, 0.05) is 43.4 Å². The molecule has 1 spiro atoms. The van der Waals surface area contributed by atoms with Gasteiger partial charge in [0.05, 0.1) is 24.0 Å². The van der Waals surface area contributed by atoms with E-state index in [0.29, 0.717) is 6.61 Å². The summed E-state index contributed by atoms with van der Waals surface area (Å²) < 4.78 is 12.3. The summed E-state index contributed by atoms with van der Waals surface area (Å²) in [5, 5.41) is 0.796. The number of likely N-dealkylation sites (tertiary alicyclic amines) is 1. The first-order chi connectivity index (χ1) is 12.6. The van der Waals surface area contributed by atoms with Crippen LogP contribution < -0.4 is 0 Å². The maximum Gasteiger partial charge on any atom is 0.0959 e. The van der Waals surface area contributed by atoms with E-state index in [9.17, 15) is 0 Å². The summed E-state index contributed by atoms with van der Waals surface area (Å²) >= 11 is 6.08. The predicted molar refractivity (Wildman–Crippen MR) is 102 cm³/mol. The zero-order valence-electron chi connectivity index (χ0n) is 15.2. The molecular weight excluding hydrogens is 348 g/mol. The van der Waals surface area contributed by atoms with Crippen LogP contribution in [0.2, 0.25) is 5.02 Å². The fourth-order valence-electron chi connectivity index (χ4n) is 4.00. The number of nitrogens with zero attached hydrogens (tertiary/aromatic N) is 2. The summed E-state index contributed by atoms with van der Waals surface area (Å²) in [6, 6.07) is 14.2. The molecule has 1 unspecified atom stereocenters. The van der Waals surface area contributed by atoms with Gasteiger partial charge in [0.1, 0.15) is 0 Å². The molecule has 0 aliphatic carbocycles. The lowest BCUT2D eigenvalue weighted by Crippen LogP contribution is -2.65. The molecule has 138 valence electrons. The summed E-state index contributed by atoms with van der Waals surface area (Å²) in [5.74, 6) is 0. The van der Waals surface area contributed by atoms with E-state index in [4.69, 9.17) is 21.1 Å². The van der Waals surface area contributed by atoms with Gasteiger partial charge >= 0.3 is 0 Å². The number of aromatic nitrogens is 1. The molecule has 0 N–H and O–H groups in total. The molecular formula is C21H25ClN2O2. The van der Waals surface area contributed by atoms with E-state index >= 15 is 0 Å². The van der Waals surface area contributed by atoms with Gasteiger partial charge < -0.3 is 9.47 Å².